The number of carbonyl (C=O) groups excluding carboxylic acids is 1. The third kappa shape index (κ3) is 4.27. The van der Waals surface area contributed by atoms with Crippen LogP contribution in [0.4, 0.5) is 0 Å². The molecule has 0 rings (SSSR count). The van der Waals surface area contributed by atoms with Crippen molar-refractivity contribution in [3.8, 4) is 0 Å². The first-order chi connectivity index (χ1) is 5.38. The molecule has 0 aliphatic carbocycles. The van der Waals surface area contributed by atoms with Crippen LogP contribution in [0.15, 0.2) is 0 Å². The second-order valence-electron chi connectivity index (χ2n) is 2.04. The van der Waals surface area contributed by atoms with Gasteiger partial charge in [-0.3, -0.25) is 9.35 Å². The predicted octanol–water partition coefficient (Wildman–Crippen LogP) is -0.716. The average molecular weight is 197 g/mol. The Morgan fingerprint density at radius 1 is 1.58 bits per heavy atom. The zero-order chi connectivity index (χ0) is 9.78. The maximum atomic E-state index is 10.7. The number of likely N-dealkylation sites (N-methyl/N-ethyl adjacent to an activating group) is 1. The molecule has 0 radical (unpaired) electrons. The van der Waals surface area contributed by atoms with Crippen molar-refractivity contribution in [2.24, 2.45) is 0 Å². The summed E-state index contributed by atoms with van der Waals surface area (Å²) in [5.74, 6) is -0.697. The Morgan fingerprint density at radius 2 is 2.08 bits per heavy atom. The normalized spacial score (nSPS) is 11.7. The molecule has 72 valence electrons. The number of ether oxygens (including phenoxy) is 1. The topological polar surface area (TPSA) is 83.9 Å². The minimum absolute atomic E-state index is 0.179. The molecule has 0 heterocycles. The Kier molecular flexibility index (Phi) is 4.15. The highest BCUT2D eigenvalue weighted by Crippen LogP contribution is 1.92. The van der Waals surface area contributed by atoms with Gasteiger partial charge in [0.1, 0.15) is 6.54 Å². The Bertz CT molecular complexity index is 247. The van der Waals surface area contributed by atoms with Crippen molar-refractivity contribution in [3.63, 3.8) is 0 Å². The van der Waals surface area contributed by atoms with Crippen molar-refractivity contribution in [2.75, 3.05) is 20.2 Å². The summed E-state index contributed by atoms with van der Waals surface area (Å²) in [6.07, 6.45) is 0. The first-order valence-electron chi connectivity index (χ1n) is 3.22. The van der Waals surface area contributed by atoms with Gasteiger partial charge in [0.05, 0.1) is 6.61 Å². The van der Waals surface area contributed by atoms with E-state index in [1.54, 1.807) is 6.92 Å². The molecule has 0 fully saturated rings. The standard InChI is InChI=1S/C5H11NO5S/c1-3-11-5(7)4-6(2)12(8,9)10/h3-4H2,1-2H3,(H,8,9,10). The summed E-state index contributed by atoms with van der Waals surface area (Å²) >= 11 is 0. The number of hydrogen-bond acceptors (Lipinski definition) is 4. The molecule has 0 saturated carbocycles. The Balaban J connectivity index is 4.02. The molecule has 0 spiro atoms. The van der Waals surface area contributed by atoms with Gasteiger partial charge in [-0.2, -0.15) is 12.7 Å². The fraction of sp³-hybridized carbons (Fsp3) is 0.800. The Hall–Kier alpha value is -0.660. The van der Waals surface area contributed by atoms with Crippen LogP contribution in [0, 0.1) is 0 Å². The zero-order valence-electron chi connectivity index (χ0n) is 6.85. The number of carbonyl (C=O) groups is 1. The summed E-state index contributed by atoms with van der Waals surface area (Å²) in [4.78, 5) is 10.7. The molecule has 0 bridgehead atoms. The van der Waals surface area contributed by atoms with Crippen LogP contribution in [0.5, 0.6) is 0 Å². The second-order valence-corrected chi connectivity index (χ2v) is 3.56. The minimum Gasteiger partial charge on any atom is -0.465 e. The summed E-state index contributed by atoms with van der Waals surface area (Å²) in [5.41, 5.74) is 0. The van der Waals surface area contributed by atoms with Crippen LogP contribution in [0.2, 0.25) is 0 Å². The molecule has 0 unspecified atom stereocenters. The highest BCUT2D eigenvalue weighted by Gasteiger charge is 2.17. The van der Waals surface area contributed by atoms with Gasteiger partial charge < -0.3 is 4.74 Å². The van der Waals surface area contributed by atoms with E-state index in [0.717, 1.165) is 7.05 Å². The largest absolute Gasteiger partial charge is 0.465 e. The monoisotopic (exact) mass is 197 g/mol. The second kappa shape index (κ2) is 4.39. The molecule has 12 heavy (non-hydrogen) atoms. The Labute approximate surface area is 71.0 Å². The molecular weight excluding hydrogens is 186 g/mol. The SMILES string of the molecule is CCOC(=O)CN(C)S(=O)(=O)O. The van der Waals surface area contributed by atoms with Gasteiger partial charge in [0, 0.05) is 7.05 Å². The lowest BCUT2D eigenvalue weighted by atomic mass is 10.6. The highest BCUT2D eigenvalue weighted by molar-refractivity contribution is 7.83. The lowest BCUT2D eigenvalue weighted by Gasteiger charge is -2.10. The molecule has 0 aromatic carbocycles. The van der Waals surface area contributed by atoms with Gasteiger partial charge in [-0.25, -0.2) is 0 Å². The predicted molar refractivity (Wildman–Crippen MR) is 40.8 cm³/mol. The van der Waals surface area contributed by atoms with Gasteiger partial charge in [-0.1, -0.05) is 0 Å². The fourth-order valence-corrected chi connectivity index (χ4v) is 0.739. The fourth-order valence-electron chi connectivity index (χ4n) is 0.470. The van der Waals surface area contributed by atoms with Gasteiger partial charge in [0.25, 0.3) is 0 Å². The summed E-state index contributed by atoms with van der Waals surface area (Å²) in [7, 11) is -3.21. The van der Waals surface area contributed by atoms with Crippen LogP contribution in [-0.2, 0) is 19.8 Å². The van der Waals surface area contributed by atoms with E-state index in [4.69, 9.17) is 4.55 Å². The number of esters is 1. The van der Waals surface area contributed by atoms with Crippen LogP contribution in [0.3, 0.4) is 0 Å². The van der Waals surface area contributed by atoms with Crippen molar-refractivity contribution in [3.05, 3.63) is 0 Å². The molecular formula is C5H11NO5S. The van der Waals surface area contributed by atoms with E-state index in [0.29, 0.717) is 4.31 Å². The maximum absolute atomic E-state index is 10.7. The number of rotatable bonds is 4. The summed E-state index contributed by atoms with van der Waals surface area (Å²) < 4.78 is 34.0. The molecule has 1 N–H and O–H groups in total. The minimum atomic E-state index is -4.28. The van der Waals surface area contributed by atoms with Crippen molar-refractivity contribution in [1.29, 1.82) is 0 Å². The van der Waals surface area contributed by atoms with Gasteiger partial charge in [-0.05, 0) is 6.92 Å². The van der Waals surface area contributed by atoms with Crippen molar-refractivity contribution < 1.29 is 22.5 Å². The first-order valence-corrected chi connectivity index (χ1v) is 4.62. The molecule has 0 saturated heterocycles. The number of nitrogens with zero attached hydrogens (tertiary/aromatic N) is 1. The van der Waals surface area contributed by atoms with Crippen LogP contribution < -0.4 is 0 Å². The third-order valence-electron chi connectivity index (χ3n) is 1.05. The molecule has 0 amide bonds. The van der Waals surface area contributed by atoms with Crippen molar-refractivity contribution >= 4 is 16.3 Å². The molecule has 0 aromatic heterocycles. The molecule has 0 aliphatic rings. The smallest absolute Gasteiger partial charge is 0.336 e. The molecule has 7 heteroatoms. The summed E-state index contributed by atoms with van der Waals surface area (Å²) in [5, 5.41) is 0. The van der Waals surface area contributed by atoms with Crippen LogP contribution in [-0.4, -0.2) is 43.4 Å². The van der Waals surface area contributed by atoms with E-state index in [-0.39, 0.29) is 6.61 Å². The highest BCUT2D eigenvalue weighted by atomic mass is 32.2. The zero-order valence-corrected chi connectivity index (χ0v) is 7.67. The third-order valence-corrected chi connectivity index (χ3v) is 1.97. The van der Waals surface area contributed by atoms with E-state index in [1.807, 2.05) is 0 Å². The van der Waals surface area contributed by atoms with Gasteiger partial charge in [0.15, 0.2) is 0 Å². The van der Waals surface area contributed by atoms with Gasteiger partial charge >= 0.3 is 16.3 Å². The van der Waals surface area contributed by atoms with Gasteiger partial charge in [0.2, 0.25) is 0 Å². The van der Waals surface area contributed by atoms with Crippen LogP contribution >= 0.6 is 0 Å². The first kappa shape index (κ1) is 11.3. The lowest BCUT2D eigenvalue weighted by molar-refractivity contribution is -0.143. The molecule has 0 atom stereocenters. The lowest BCUT2D eigenvalue weighted by Crippen LogP contribution is -2.32. The van der Waals surface area contributed by atoms with Crippen LogP contribution in [0.1, 0.15) is 6.92 Å². The van der Waals surface area contributed by atoms with Crippen molar-refractivity contribution in [1.82, 2.24) is 4.31 Å². The van der Waals surface area contributed by atoms with E-state index >= 15 is 0 Å². The average Bonchev–Trinajstić information content (AvgIpc) is 1.85. The summed E-state index contributed by atoms with van der Waals surface area (Å²) in [6.45, 7) is 1.30. The van der Waals surface area contributed by atoms with Crippen LogP contribution in [0.25, 0.3) is 0 Å². The summed E-state index contributed by atoms with van der Waals surface area (Å²) in [6, 6.07) is 0. The molecule has 0 aliphatic heterocycles. The van der Waals surface area contributed by atoms with E-state index in [2.05, 4.69) is 4.74 Å². The van der Waals surface area contributed by atoms with Crippen molar-refractivity contribution in [2.45, 2.75) is 6.92 Å². The molecule has 0 aromatic rings. The number of hydrogen-bond donors (Lipinski definition) is 1. The van der Waals surface area contributed by atoms with Gasteiger partial charge in [-0.15, -0.1) is 0 Å². The van der Waals surface area contributed by atoms with E-state index < -0.39 is 22.8 Å². The Morgan fingerprint density at radius 3 is 2.42 bits per heavy atom. The molecule has 6 nitrogen and oxygen atoms in total. The maximum Gasteiger partial charge on any atom is 0.336 e. The van der Waals surface area contributed by atoms with E-state index in [9.17, 15) is 13.2 Å². The van der Waals surface area contributed by atoms with E-state index in [1.165, 1.54) is 0 Å². The quantitative estimate of drug-likeness (QED) is 0.475.